The second-order valence-electron chi connectivity index (χ2n) is 3.21. The van der Waals surface area contributed by atoms with Gasteiger partial charge in [-0.15, -0.1) is 0 Å². The number of ether oxygens (including phenoxy) is 1. The Morgan fingerprint density at radius 3 is 3.00 bits per heavy atom. The Bertz CT molecular complexity index is 163. The van der Waals surface area contributed by atoms with E-state index in [2.05, 4.69) is 10.1 Å². The van der Waals surface area contributed by atoms with Gasteiger partial charge in [-0.05, 0) is 19.3 Å². The number of halogens is 2. The fourth-order valence-electron chi connectivity index (χ4n) is 1.81. The molecule has 1 aliphatic carbocycles. The van der Waals surface area contributed by atoms with Crippen molar-refractivity contribution in [1.29, 1.82) is 0 Å². The van der Waals surface area contributed by atoms with Crippen LogP contribution in [0.5, 0.6) is 0 Å². The molecule has 0 amide bonds. The van der Waals surface area contributed by atoms with Crippen LogP contribution in [0.4, 0.5) is 8.78 Å². The molecule has 1 heterocycles. The summed E-state index contributed by atoms with van der Waals surface area (Å²) in [6.45, 7) is -0.325. The average molecular weight is 163 g/mol. The maximum atomic E-state index is 12.6. The highest BCUT2D eigenvalue weighted by Crippen LogP contribution is 2.31. The summed E-state index contributed by atoms with van der Waals surface area (Å²) in [5.74, 6) is 0. The lowest BCUT2D eigenvalue weighted by Crippen LogP contribution is -2.53. The summed E-state index contributed by atoms with van der Waals surface area (Å²) in [6.07, 6.45) is -0.448. The van der Waals surface area contributed by atoms with Crippen molar-refractivity contribution in [3.63, 3.8) is 0 Å². The summed E-state index contributed by atoms with van der Waals surface area (Å²) < 4.78 is 29.7. The van der Waals surface area contributed by atoms with Crippen molar-refractivity contribution >= 4 is 0 Å². The normalized spacial score (nSPS) is 42.0. The first-order valence-corrected chi connectivity index (χ1v) is 3.96. The molecule has 1 aliphatic heterocycles. The Labute approximate surface area is 63.9 Å². The third-order valence-corrected chi connectivity index (χ3v) is 2.35. The van der Waals surface area contributed by atoms with E-state index in [-0.39, 0.29) is 18.7 Å². The van der Waals surface area contributed by atoms with Crippen molar-refractivity contribution in [3.8, 4) is 0 Å². The molecule has 0 unspecified atom stereocenters. The molecule has 2 rings (SSSR count). The smallest absolute Gasteiger partial charge is 0.314 e. The van der Waals surface area contributed by atoms with Gasteiger partial charge in [0.2, 0.25) is 0 Å². The van der Waals surface area contributed by atoms with E-state index in [0.29, 0.717) is 0 Å². The molecule has 2 aliphatic rings. The first kappa shape index (κ1) is 7.43. The minimum absolute atomic E-state index is 0.176. The number of morpholine rings is 1. The second-order valence-corrected chi connectivity index (χ2v) is 3.21. The number of rotatable bonds is 0. The quantitative estimate of drug-likeness (QED) is 0.577. The van der Waals surface area contributed by atoms with Crippen LogP contribution in [0.25, 0.3) is 0 Å². The molecule has 1 N–H and O–H groups in total. The number of nitrogens with one attached hydrogen (secondary N) is 1. The van der Waals surface area contributed by atoms with Crippen LogP contribution in [-0.2, 0) is 4.74 Å². The zero-order valence-corrected chi connectivity index (χ0v) is 6.15. The van der Waals surface area contributed by atoms with Crippen LogP contribution in [0.2, 0.25) is 0 Å². The Hall–Kier alpha value is -0.220. The van der Waals surface area contributed by atoms with E-state index in [4.69, 9.17) is 0 Å². The van der Waals surface area contributed by atoms with Crippen molar-refractivity contribution in [2.75, 3.05) is 6.54 Å². The first-order valence-electron chi connectivity index (χ1n) is 3.96. The second kappa shape index (κ2) is 2.38. The van der Waals surface area contributed by atoms with Gasteiger partial charge in [-0.2, -0.15) is 8.78 Å². The molecule has 0 bridgehead atoms. The lowest BCUT2D eigenvalue weighted by molar-refractivity contribution is -0.278. The number of alkyl halides is 2. The van der Waals surface area contributed by atoms with Gasteiger partial charge in [-0.25, -0.2) is 0 Å². The molecule has 0 aromatic heterocycles. The molecule has 2 atom stereocenters. The molecule has 0 aromatic carbocycles. The van der Waals surface area contributed by atoms with Crippen LogP contribution in [-0.4, -0.2) is 24.8 Å². The van der Waals surface area contributed by atoms with E-state index < -0.39 is 6.11 Å². The lowest BCUT2D eigenvalue weighted by atomic mass is 10.2. The van der Waals surface area contributed by atoms with Gasteiger partial charge in [-0.3, -0.25) is 0 Å². The lowest BCUT2D eigenvalue weighted by Gasteiger charge is -2.32. The van der Waals surface area contributed by atoms with Crippen LogP contribution >= 0.6 is 0 Å². The maximum Gasteiger partial charge on any atom is 0.368 e. The molecule has 2 nitrogen and oxygen atoms in total. The zero-order chi connectivity index (χ0) is 7.90. The Kier molecular flexibility index (Phi) is 1.61. The highest BCUT2D eigenvalue weighted by molar-refractivity contribution is 4.89. The average Bonchev–Trinajstić information content (AvgIpc) is 2.31. The molecule has 0 aromatic rings. The summed E-state index contributed by atoms with van der Waals surface area (Å²) in [5.41, 5.74) is 0. The van der Waals surface area contributed by atoms with Crippen LogP contribution in [0.1, 0.15) is 19.3 Å². The monoisotopic (exact) mass is 163 g/mol. The standard InChI is InChI=1S/C7H11F2NO/c8-7(9)4-10-5-2-1-3-6(5)11-7/h5-6,10H,1-4H2/t5-,6-/m1/s1. The topological polar surface area (TPSA) is 21.3 Å². The third-order valence-electron chi connectivity index (χ3n) is 2.35. The minimum atomic E-state index is -2.94. The number of hydrogen-bond acceptors (Lipinski definition) is 2. The van der Waals surface area contributed by atoms with Crippen LogP contribution < -0.4 is 5.32 Å². The minimum Gasteiger partial charge on any atom is -0.314 e. The fourth-order valence-corrected chi connectivity index (χ4v) is 1.81. The molecule has 0 radical (unpaired) electrons. The summed E-state index contributed by atoms with van der Waals surface area (Å²) in [5, 5.41) is 2.80. The van der Waals surface area contributed by atoms with E-state index in [0.717, 1.165) is 19.3 Å². The van der Waals surface area contributed by atoms with Crippen molar-refractivity contribution in [3.05, 3.63) is 0 Å². The SMILES string of the molecule is FC1(F)CN[C@@H]2CCC[C@H]2O1. The van der Waals surface area contributed by atoms with E-state index in [1.807, 2.05) is 0 Å². The van der Waals surface area contributed by atoms with E-state index in [1.165, 1.54) is 0 Å². The molecular formula is C7H11F2NO. The van der Waals surface area contributed by atoms with E-state index >= 15 is 0 Å². The molecule has 11 heavy (non-hydrogen) atoms. The molecule has 4 heteroatoms. The van der Waals surface area contributed by atoms with Gasteiger partial charge in [0, 0.05) is 6.04 Å². The molecule has 64 valence electrons. The van der Waals surface area contributed by atoms with Gasteiger partial charge in [0.1, 0.15) is 0 Å². The summed E-state index contributed by atoms with van der Waals surface area (Å²) in [4.78, 5) is 0. The summed E-state index contributed by atoms with van der Waals surface area (Å²) in [6, 6.07) is 0.176. The molecule has 1 saturated carbocycles. The number of hydrogen-bond donors (Lipinski definition) is 1. The van der Waals surface area contributed by atoms with Gasteiger partial charge in [0.15, 0.2) is 0 Å². The first-order chi connectivity index (χ1) is 5.17. The highest BCUT2D eigenvalue weighted by atomic mass is 19.3. The molecule has 1 saturated heterocycles. The van der Waals surface area contributed by atoms with Gasteiger partial charge in [0.25, 0.3) is 0 Å². The number of fused-ring (bicyclic) bond motifs is 1. The van der Waals surface area contributed by atoms with E-state index in [9.17, 15) is 8.78 Å². The van der Waals surface area contributed by atoms with Crippen LogP contribution in [0.15, 0.2) is 0 Å². The predicted octanol–water partition coefficient (Wildman–Crippen LogP) is 1.12. The highest BCUT2D eigenvalue weighted by Gasteiger charge is 2.43. The van der Waals surface area contributed by atoms with Crippen LogP contribution in [0, 0.1) is 0 Å². The molecule has 2 fully saturated rings. The Balaban J connectivity index is 2.02. The molecule has 0 spiro atoms. The van der Waals surface area contributed by atoms with Gasteiger partial charge in [-0.1, -0.05) is 0 Å². The maximum absolute atomic E-state index is 12.6. The summed E-state index contributed by atoms with van der Waals surface area (Å²) >= 11 is 0. The van der Waals surface area contributed by atoms with Crippen LogP contribution in [0.3, 0.4) is 0 Å². The van der Waals surface area contributed by atoms with Gasteiger partial charge >= 0.3 is 6.11 Å². The van der Waals surface area contributed by atoms with Gasteiger partial charge < -0.3 is 10.1 Å². The van der Waals surface area contributed by atoms with Crippen molar-refractivity contribution in [1.82, 2.24) is 5.32 Å². The zero-order valence-electron chi connectivity index (χ0n) is 6.15. The van der Waals surface area contributed by atoms with E-state index in [1.54, 1.807) is 0 Å². The van der Waals surface area contributed by atoms with Gasteiger partial charge in [0.05, 0.1) is 12.6 Å². The van der Waals surface area contributed by atoms with Crippen molar-refractivity contribution < 1.29 is 13.5 Å². The van der Waals surface area contributed by atoms with Crippen molar-refractivity contribution in [2.24, 2.45) is 0 Å². The molecular weight excluding hydrogens is 152 g/mol. The Morgan fingerprint density at radius 2 is 2.18 bits per heavy atom. The largest absolute Gasteiger partial charge is 0.368 e. The summed E-state index contributed by atoms with van der Waals surface area (Å²) in [7, 11) is 0. The fraction of sp³-hybridized carbons (Fsp3) is 1.00. The third kappa shape index (κ3) is 1.37. The van der Waals surface area contributed by atoms with Crippen molar-refractivity contribution in [2.45, 2.75) is 37.5 Å². The Morgan fingerprint density at radius 1 is 1.36 bits per heavy atom. The predicted molar refractivity (Wildman–Crippen MR) is 35.5 cm³/mol.